The second-order valence-electron chi connectivity index (χ2n) is 6.61. The summed E-state index contributed by atoms with van der Waals surface area (Å²) < 4.78 is 5.64. The summed E-state index contributed by atoms with van der Waals surface area (Å²) in [7, 11) is 1.72. The standard InChI is InChI=1S/C20H20N4O3/c1-24(11-18-21-16-4-2-3-5-17(16)22-18)20(26)12-27-14-7-8-15-13(10-14)6-9-19(25)23-15/h2-5,7-8,10H,6,9,11-12H2,1H3,(H,21,22)(H,23,25). The minimum atomic E-state index is -0.138. The Morgan fingerprint density at radius 3 is 2.93 bits per heavy atom. The van der Waals surface area contributed by atoms with Crippen LogP contribution in [0.4, 0.5) is 5.69 Å². The van der Waals surface area contributed by atoms with E-state index in [1.54, 1.807) is 18.0 Å². The van der Waals surface area contributed by atoms with Gasteiger partial charge in [-0.25, -0.2) is 4.98 Å². The summed E-state index contributed by atoms with van der Waals surface area (Å²) >= 11 is 0. The van der Waals surface area contributed by atoms with Gasteiger partial charge in [-0.2, -0.15) is 0 Å². The summed E-state index contributed by atoms with van der Waals surface area (Å²) in [6.07, 6.45) is 1.15. The highest BCUT2D eigenvalue weighted by Crippen LogP contribution is 2.26. The average Bonchev–Trinajstić information content (AvgIpc) is 3.08. The first kappa shape index (κ1) is 17.1. The van der Waals surface area contributed by atoms with E-state index in [4.69, 9.17) is 4.74 Å². The molecule has 1 aliphatic rings. The molecule has 1 aromatic heterocycles. The number of carbonyl (C=O) groups excluding carboxylic acids is 2. The van der Waals surface area contributed by atoms with Crippen molar-refractivity contribution >= 4 is 28.5 Å². The topological polar surface area (TPSA) is 87.3 Å². The molecule has 2 N–H and O–H groups in total. The van der Waals surface area contributed by atoms with Gasteiger partial charge in [0.2, 0.25) is 5.91 Å². The Hall–Kier alpha value is -3.35. The predicted molar refractivity (Wildman–Crippen MR) is 101 cm³/mol. The first-order valence-electron chi connectivity index (χ1n) is 8.81. The molecule has 0 spiro atoms. The summed E-state index contributed by atoms with van der Waals surface area (Å²) in [6, 6.07) is 13.2. The highest BCUT2D eigenvalue weighted by molar-refractivity contribution is 5.94. The molecule has 0 aliphatic carbocycles. The molecule has 3 aromatic rings. The third-order valence-electron chi connectivity index (χ3n) is 4.59. The lowest BCUT2D eigenvalue weighted by Crippen LogP contribution is -2.31. The number of ether oxygens (including phenoxy) is 1. The number of nitrogens with zero attached hydrogens (tertiary/aromatic N) is 2. The lowest BCUT2D eigenvalue weighted by molar-refractivity contribution is -0.132. The number of anilines is 1. The van der Waals surface area contributed by atoms with Crippen molar-refractivity contribution in [2.24, 2.45) is 0 Å². The molecule has 2 amide bonds. The molecule has 0 saturated heterocycles. The van der Waals surface area contributed by atoms with Gasteiger partial charge in [0, 0.05) is 19.2 Å². The van der Waals surface area contributed by atoms with Crippen LogP contribution in [-0.4, -0.2) is 40.3 Å². The third kappa shape index (κ3) is 3.76. The fourth-order valence-electron chi connectivity index (χ4n) is 3.10. The van der Waals surface area contributed by atoms with Crippen LogP contribution in [0.5, 0.6) is 5.75 Å². The number of aromatic nitrogens is 2. The molecule has 138 valence electrons. The summed E-state index contributed by atoms with van der Waals surface area (Å²) in [5.41, 5.74) is 3.67. The molecule has 1 aliphatic heterocycles. The number of para-hydroxylation sites is 2. The van der Waals surface area contributed by atoms with E-state index in [0.717, 1.165) is 28.1 Å². The minimum absolute atomic E-state index is 0.0264. The maximum absolute atomic E-state index is 12.4. The number of aromatic amines is 1. The van der Waals surface area contributed by atoms with E-state index in [9.17, 15) is 9.59 Å². The fourth-order valence-corrected chi connectivity index (χ4v) is 3.10. The third-order valence-corrected chi connectivity index (χ3v) is 4.59. The summed E-state index contributed by atoms with van der Waals surface area (Å²) in [6.45, 7) is 0.328. The van der Waals surface area contributed by atoms with E-state index in [0.29, 0.717) is 25.1 Å². The second kappa shape index (κ2) is 7.11. The second-order valence-corrected chi connectivity index (χ2v) is 6.61. The number of amides is 2. The van der Waals surface area contributed by atoms with Gasteiger partial charge in [0.05, 0.1) is 17.6 Å². The molecule has 27 heavy (non-hydrogen) atoms. The van der Waals surface area contributed by atoms with Crippen molar-refractivity contribution in [2.75, 3.05) is 19.0 Å². The van der Waals surface area contributed by atoms with Gasteiger partial charge in [0.1, 0.15) is 11.6 Å². The lowest BCUT2D eigenvalue weighted by atomic mass is 10.0. The Labute approximate surface area is 156 Å². The number of hydrogen-bond acceptors (Lipinski definition) is 4. The number of rotatable bonds is 5. The van der Waals surface area contributed by atoms with Crippen LogP contribution in [0, 0.1) is 0 Å². The molecule has 0 bridgehead atoms. The molecular formula is C20H20N4O3. The van der Waals surface area contributed by atoms with E-state index in [1.165, 1.54) is 0 Å². The number of H-pyrrole nitrogens is 1. The number of likely N-dealkylation sites (N-methyl/N-ethyl adjacent to an activating group) is 1. The number of fused-ring (bicyclic) bond motifs is 2. The van der Waals surface area contributed by atoms with Crippen LogP contribution in [0.15, 0.2) is 42.5 Å². The van der Waals surface area contributed by atoms with Crippen molar-refractivity contribution in [1.29, 1.82) is 0 Å². The van der Waals surface area contributed by atoms with Gasteiger partial charge in [-0.05, 0) is 42.3 Å². The molecule has 0 saturated carbocycles. The summed E-state index contributed by atoms with van der Waals surface area (Å²) in [4.78, 5) is 33.1. The molecule has 0 fully saturated rings. The lowest BCUT2D eigenvalue weighted by Gasteiger charge is -2.19. The van der Waals surface area contributed by atoms with Gasteiger partial charge in [0.25, 0.3) is 5.91 Å². The van der Waals surface area contributed by atoms with Crippen LogP contribution in [0.1, 0.15) is 17.8 Å². The molecule has 0 atom stereocenters. The monoisotopic (exact) mass is 364 g/mol. The van der Waals surface area contributed by atoms with Gasteiger partial charge in [-0.15, -0.1) is 0 Å². The SMILES string of the molecule is CN(Cc1nc2ccccc2[nH]1)C(=O)COc1ccc2c(c1)CCC(=O)N2. The van der Waals surface area contributed by atoms with Gasteiger partial charge in [0.15, 0.2) is 6.61 Å². The Morgan fingerprint density at radius 2 is 2.07 bits per heavy atom. The minimum Gasteiger partial charge on any atom is -0.484 e. The fraction of sp³-hybridized carbons (Fsp3) is 0.250. The summed E-state index contributed by atoms with van der Waals surface area (Å²) in [5, 5.41) is 2.83. The van der Waals surface area contributed by atoms with Crippen molar-refractivity contribution in [2.45, 2.75) is 19.4 Å². The van der Waals surface area contributed by atoms with Crippen LogP contribution in [0.25, 0.3) is 11.0 Å². The molecule has 0 radical (unpaired) electrons. The molecule has 4 rings (SSSR count). The Morgan fingerprint density at radius 1 is 1.22 bits per heavy atom. The number of benzene rings is 2. The van der Waals surface area contributed by atoms with Crippen LogP contribution < -0.4 is 10.1 Å². The maximum atomic E-state index is 12.4. The first-order valence-corrected chi connectivity index (χ1v) is 8.81. The Bertz CT molecular complexity index is 978. The van der Waals surface area contributed by atoms with Crippen LogP contribution in [0.3, 0.4) is 0 Å². The van der Waals surface area contributed by atoms with Crippen molar-refractivity contribution in [1.82, 2.24) is 14.9 Å². The Balaban J connectivity index is 1.35. The van der Waals surface area contributed by atoms with E-state index in [2.05, 4.69) is 15.3 Å². The molecule has 7 heteroatoms. The van der Waals surface area contributed by atoms with Gasteiger partial charge < -0.3 is 19.9 Å². The van der Waals surface area contributed by atoms with E-state index >= 15 is 0 Å². The smallest absolute Gasteiger partial charge is 0.260 e. The maximum Gasteiger partial charge on any atom is 0.260 e. The normalized spacial score (nSPS) is 13.1. The van der Waals surface area contributed by atoms with Crippen LogP contribution >= 0.6 is 0 Å². The van der Waals surface area contributed by atoms with Crippen molar-refractivity contribution in [3.8, 4) is 5.75 Å². The van der Waals surface area contributed by atoms with Crippen LogP contribution in [-0.2, 0) is 22.6 Å². The number of carbonyl (C=O) groups is 2. The molecule has 2 aromatic carbocycles. The van der Waals surface area contributed by atoms with Crippen molar-refractivity contribution < 1.29 is 14.3 Å². The first-order chi connectivity index (χ1) is 13.1. The zero-order valence-electron chi connectivity index (χ0n) is 15.0. The van der Waals surface area contributed by atoms with Gasteiger partial charge >= 0.3 is 0 Å². The van der Waals surface area contributed by atoms with E-state index in [1.807, 2.05) is 36.4 Å². The Kier molecular flexibility index (Phi) is 4.50. The molecular weight excluding hydrogens is 344 g/mol. The van der Waals surface area contributed by atoms with Crippen molar-refractivity contribution in [3.63, 3.8) is 0 Å². The molecule has 2 heterocycles. The zero-order valence-corrected chi connectivity index (χ0v) is 15.0. The van der Waals surface area contributed by atoms with Crippen molar-refractivity contribution in [3.05, 3.63) is 53.9 Å². The van der Waals surface area contributed by atoms with Gasteiger partial charge in [-0.3, -0.25) is 9.59 Å². The van der Waals surface area contributed by atoms with E-state index < -0.39 is 0 Å². The largest absolute Gasteiger partial charge is 0.484 e. The number of nitrogens with one attached hydrogen (secondary N) is 2. The highest BCUT2D eigenvalue weighted by Gasteiger charge is 2.16. The number of hydrogen-bond donors (Lipinski definition) is 2. The summed E-state index contributed by atoms with van der Waals surface area (Å²) in [5.74, 6) is 1.24. The number of imidazole rings is 1. The molecule has 0 unspecified atom stereocenters. The molecule has 7 nitrogen and oxygen atoms in total. The quantitative estimate of drug-likeness (QED) is 0.728. The average molecular weight is 364 g/mol. The predicted octanol–water partition coefficient (Wildman–Crippen LogP) is 2.49. The van der Waals surface area contributed by atoms with E-state index in [-0.39, 0.29) is 18.4 Å². The van der Waals surface area contributed by atoms with Gasteiger partial charge in [-0.1, -0.05) is 12.1 Å². The van der Waals surface area contributed by atoms with Crippen LogP contribution in [0.2, 0.25) is 0 Å². The number of aryl methyl sites for hydroxylation is 1. The highest BCUT2D eigenvalue weighted by atomic mass is 16.5. The zero-order chi connectivity index (χ0) is 18.8.